The van der Waals surface area contributed by atoms with Crippen LogP contribution in [-0.4, -0.2) is 58.3 Å². The molecule has 2 atom stereocenters. The topological polar surface area (TPSA) is 95.4 Å². The van der Waals surface area contributed by atoms with Crippen LogP contribution in [0.4, 0.5) is 8.78 Å². The zero-order valence-electron chi connectivity index (χ0n) is 17.2. The van der Waals surface area contributed by atoms with Gasteiger partial charge in [-0.15, -0.1) is 0 Å². The summed E-state index contributed by atoms with van der Waals surface area (Å²) in [4.78, 5) is 25.3. The molecule has 1 heterocycles. The molecule has 2 bridgehead atoms. The van der Waals surface area contributed by atoms with Gasteiger partial charge in [0.05, 0.1) is 30.1 Å². The summed E-state index contributed by atoms with van der Waals surface area (Å²) in [5.74, 6) is -1.79. The largest absolute Gasteiger partial charge is 0.395 e. The lowest BCUT2D eigenvalue weighted by Crippen LogP contribution is -2.47. The molecule has 1 aromatic heterocycles. The summed E-state index contributed by atoms with van der Waals surface area (Å²) in [6.07, 6.45) is 2.45. The fourth-order valence-corrected chi connectivity index (χ4v) is 4.91. The number of nitrogens with zero attached hydrogens (tertiary/aromatic N) is 3. The van der Waals surface area contributed by atoms with Gasteiger partial charge in [-0.25, -0.2) is 8.78 Å². The maximum absolute atomic E-state index is 14.2. The molecular formula is C22H24F2N4O3. The number of aromatic nitrogens is 2. The van der Waals surface area contributed by atoms with Crippen LogP contribution in [-0.2, 0) is 15.0 Å². The smallest absolute Gasteiger partial charge is 0.242 e. The van der Waals surface area contributed by atoms with Crippen molar-refractivity contribution >= 4 is 11.8 Å². The van der Waals surface area contributed by atoms with E-state index in [1.807, 2.05) is 0 Å². The number of carbonyl (C=O) groups excluding carboxylic acids is 2. The lowest BCUT2D eigenvalue weighted by Gasteiger charge is -2.34. The summed E-state index contributed by atoms with van der Waals surface area (Å²) in [6, 6.07) is 5.40. The van der Waals surface area contributed by atoms with Gasteiger partial charge in [-0.05, 0) is 48.9 Å². The van der Waals surface area contributed by atoms with Crippen LogP contribution in [0.2, 0.25) is 0 Å². The highest BCUT2D eigenvalue weighted by atomic mass is 19.1. The number of fused-ring (bicyclic) bond motifs is 5. The van der Waals surface area contributed by atoms with E-state index in [1.54, 1.807) is 11.0 Å². The predicted molar refractivity (Wildman–Crippen MR) is 108 cm³/mol. The van der Waals surface area contributed by atoms with E-state index >= 15 is 0 Å². The highest BCUT2D eigenvalue weighted by Gasteiger charge is 2.52. The summed E-state index contributed by atoms with van der Waals surface area (Å²) in [5, 5.41) is 20.4. The maximum atomic E-state index is 14.2. The molecule has 164 valence electrons. The van der Waals surface area contributed by atoms with Crippen LogP contribution in [0.3, 0.4) is 0 Å². The SMILES string of the molecule is CC(=O)NCC(=O)N(CCO)C[C@]12CC[C@H](C1)c1cc(-c3c(F)cccc3F)nnc12. The van der Waals surface area contributed by atoms with E-state index in [9.17, 15) is 23.5 Å². The molecule has 2 aliphatic carbocycles. The van der Waals surface area contributed by atoms with Crippen LogP contribution in [0, 0.1) is 11.6 Å². The first-order chi connectivity index (χ1) is 14.8. The van der Waals surface area contributed by atoms with Crippen molar-refractivity contribution in [1.82, 2.24) is 20.4 Å². The highest BCUT2D eigenvalue weighted by molar-refractivity contribution is 5.83. The fraction of sp³-hybridized carbons (Fsp3) is 0.455. The van der Waals surface area contributed by atoms with E-state index in [1.165, 1.54) is 25.1 Å². The molecule has 1 aromatic carbocycles. The predicted octanol–water partition coefficient (Wildman–Crippen LogP) is 1.90. The van der Waals surface area contributed by atoms with Crippen molar-refractivity contribution < 1.29 is 23.5 Å². The minimum absolute atomic E-state index is 0.140. The average molecular weight is 430 g/mol. The summed E-state index contributed by atoms with van der Waals surface area (Å²) in [5.41, 5.74) is 1.21. The van der Waals surface area contributed by atoms with Gasteiger partial charge in [-0.2, -0.15) is 10.2 Å². The molecule has 31 heavy (non-hydrogen) atoms. The van der Waals surface area contributed by atoms with E-state index < -0.39 is 17.0 Å². The number of halogens is 2. The summed E-state index contributed by atoms with van der Waals surface area (Å²) in [6.45, 7) is 1.49. The van der Waals surface area contributed by atoms with Crippen molar-refractivity contribution in [2.24, 2.45) is 0 Å². The molecule has 9 heteroatoms. The molecule has 1 fully saturated rings. The average Bonchev–Trinajstić information content (AvgIpc) is 3.28. The van der Waals surface area contributed by atoms with Crippen LogP contribution >= 0.6 is 0 Å². The van der Waals surface area contributed by atoms with E-state index in [-0.39, 0.29) is 48.7 Å². The van der Waals surface area contributed by atoms with Gasteiger partial charge in [0.15, 0.2) is 0 Å². The first-order valence-corrected chi connectivity index (χ1v) is 10.3. The van der Waals surface area contributed by atoms with Gasteiger partial charge >= 0.3 is 0 Å². The van der Waals surface area contributed by atoms with Crippen LogP contribution in [0.1, 0.15) is 43.4 Å². The summed E-state index contributed by atoms with van der Waals surface area (Å²) >= 11 is 0. The van der Waals surface area contributed by atoms with E-state index in [2.05, 4.69) is 15.5 Å². The number of amides is 2. The minimum atomic E-state index is -0.690. The maximum Gasteiger partial charge on any atom is 0.242 e. The lowest BCUT2D eigenvalue weighted by atomic mass is 9.82. The number of carbonyl (C=O) groups is 2. The van der Waals surface area contributed by atoms with Gasteiger partial charge < -0.3 is 15.3 Å². The minimum Gasteiger partial charge on any atom is -0.395 e. The van der Waals surface area contributed by atoms with Crippen LogP contribution in [0.15, 0.2) is 24.3 Å². The molecule has 2 amide bonds. The third-order valence-electron chi connectivity index (χ3n) is 6.30. The highest BCUT2D eigenvalue weighted by Crippen LogP contribution is 2.57. The Morgan fingerprint density at radius 3 is 2.71 bits per heavy atom. The molecule has 0 saturated heterocycles. The number of benzene rings is 1. The van der Waals surface area contributed by atoms with Crippen molar-refractivity contribution in [2.45, 2.75) is 37.5 Å². The fourth-order valence-electron chi connectivity index (χ4n) is 4.91. The van der Waals surface area contributed by atoms with Crippen molar-refractivity contribution in [3.05, 3.63) is 47.2 Å². The van der Waals surface area contributed by atoms with Crippen molar-refractivity contribution in [2.75, 3.05) is 26.2 Å². The van der Waals surface area contributed by atoms with Crippen molar-refractivity contribution in [1.29, 1.82) is 0 Å². The Morgan fingerprint density at radius 2 is 2.03 bits per heavy atom. The van der Waals surface area contributed by atoms with Crippen LogP contribution in [0.25, 0.3) is 11.3 Å². The number of rotatable bonds is 7. The number of nitrogens with one attached hydrogen (secondary N) is 1. The van der Waals surface area contributed by atoms with E-state index in [4.69, 9.17) is 0 Å². The molecule has 7 nitrogen and oxygen atoms in total. The van der Waals surface area contributed by atoms with Gasteiger partial charge in [0.25, 0.3) is 0 Å². The molecule has 2 N–H and O–H groups in total. The molecule has 0 radical (unpaired) electrons. The third kappa shape index (κ3) is 3.89. The Hall–Kier alpha value is -2.94. The Morgan fingerprint density at radius 1 is 1.29 bits per heavy atom. The molecular weight excluding hydrogens is 406 g/mol. The summed E-state index contributed by atoms with van der Waals surface area (Å²) in [7, 11) is 0. The first-order valence-electron chi connectivity index (χ1n) is 10.3. The molecule has 1 saturated carbocycles. The zero-order valence-corrected chi connectivity index (χ0v) is 17.2. The quantitative estimate of drug-likeness (QED) is 0.700. The Kier molecular flexibility index (Phi) is 5.70. The number of aliphatic hydroxyl groups excluding tert-OH is 1. The van der Waals surface area contributed by atoms with Gasteiger partial charge in [-0.1, -0.05) is 6.07 Å². The summed E-state index contributed by atoms with van der Waals surface area (Å²) < 4.78 is 28.4. The molecule has 0 spiro atoms. The van der Waals surface area contributed by atoms with Gasteiger partial charge in [0.1, 0.15) is 11.6 Å². The van der Waals surface area contributed by atoms with Gasteiger partial charge in [0.2, 0.25) is 11.8 Å². The molecule has 0 unspecified atom stereocenters. The van der Waals surface area contributed by atoms with Crippen molar-refractivity contribution in [3.8, 4) is 11.3 Å². The van der Waals surface area contributed by atoms with E-state index in [0.717, 1.165) is 30.5 Å². The monoisotopic (exact) mass is 430 g/mol. The standard InChI is InChI=1S/C22H24F2N4O3/c1-13(30)25-11-19(31)28(7-8-29)12-22-6-5-14(10-22)15-9-18(26-27-21(15)22)20-16(23)3-2-4-17(20)24/h2-4,9,14,29H,5-8,10-12H2,1H3,(H,25,30)/t14-,22+/m1/s1. The molecule has 4 rings (SSSR count). The van der Waals surface area contributed by atoms with Gasteiger partial charge in [-0.3, -0.25) is 9.59 Å². The second-order valence-electron chi connectivity index (χ2n) is 8.30. The first kappa shape index (κ1) is 21.3. The number of hydrogen-bond donors (Lipinski definition) is 2. The number of aliphatic hydroxyl groups is 1. The second-order valence-corrected chi connectivity index (χ2v) is 8.30. The molecule has 2 aliphatic rings. The Balaban J connectivity index is 1.63. The van der Waals surface area contributed by atoms with Crippen LogP contribution in [0.5, 0.6) is 0 Å². The Labute approximate surface area is 178 Å². The Bertz CT molecular complexity index is 1010. The second kappa shape index (κ2) is 8.30. The normalized spacial score (nSPS) is 21.1. The molecule has 0 aliphatic heterocycles. The van der Waals surface area contributed by atoms with Crippen LogP contribution < -0.4 is 5.32 Å². The molecule has 2 aromatic rings. The lowest BCUT2D eigenvalue weighted by molar-refractivity contribution is -0.133. The number of hydrogen-bond acceptors (Lipinski definition) is 5. The zero-order chi connectivity index (χ0) is 22.2. The van der Waals surface area contributed by atoms with E-state index in [0.29, 0.717) is 6.54 Å². The van der Waals surface area contributed by atoms with Crippen molar-refractivity contribution in [3.63, 3.8) is 0 Å². The third-order valence-corrected chi connectivity index (χ3v) is 6.30. The van der Waals surface area contributed by atoms with Gasteiger partial charge in [0, 0.05) is 25.4 Å².